The zero-order valence-electron chi connectivity index (χ0n) is 20.4. The van der Waals surface area contributed by atoms with Gasteiger partial charge in [-0.25, -0.2) is 4.57 Å². The quantitative estimate of drug-likeness (QED) is 0.112. The van der Waals surface area contributed by atoms with Gasteiger partial charge in [0.1, 0.15) is 0 Å². The van der Waals surface area contributed by atoms with E-state index in [9.17, 15) is 9.46 Å². The van der Waals surface area contributed by atoms with Gasteiger partial charge in [-0.1, -0.05) is 136 Å². The molecule has 0 saturated carbocycles. The van der Waals surface area contributed by atoms with Crippen LogP contribution in [0, 0.1) is 0 Å². The van der Waals surface area contributed by atoms with Crippen LogP contribution in [-0.4, -0.2) is 18.1 Å². The molecule has 1 N–H and O–H groups in total. The van der Waals surface area contributed by atoms with Crippen molar-refractivity contribution in [2.24, 2.45) is 0 Å². The number of hydrogen-bond donors (Lipinski definition) is 1. The van der Waals surface area contributed by atoms with Crippen LogP contribution in [0.25, 0.3) is 0 Å². The van der Waals surface area contributed by atoms with Gasteiger partial charge in [-0.05, 0) is 12.8 Å². The van der Waals surface area contributed by atoms with E-state index in [1.54, 1.807) is 0 Å². The summed E-state index contributed by atoms with van der Waals surface area (Å²) in [5.41, 5.74) is 0. The lowest BCUT2D eigenvalue weighted by Crippen LogP contribution is -1.99. The molecule has 0 aliphatic carbocycles. The van der Waals surface area contributed by atoms with Crippen molar-refractivity contribution in [1.29, 1.82) is 0 Å². The Balaban J connectivity index is 3.31. The molecule has 0 rings (SSSR count). The minimum atomic E-state index is -3.85. The second-order valence-electron chi connectivity index (χ2n) is 8.85. The monoisotopic (exact) mass is 448 g/mol. The van der Waals surface area contributed by atoms with E-state index in [-0.39, 0.29) is 0 Å². The Hall–Kier alpha value is 0.110. The zero-order chi connectivity index (χ0) is 22.2. The molecule has 0 radical (unpaired) electrons. The molecule has 0 aliphatic rings. The standard InChI is InChI=1S/C25H53O4P/c1-3-5-7-9-11-13-15-17-19-21-23-25-29-30(26,27)28-24-22-20-18-16-14-12-10-8-6-4-2/h3-25H2,1-2H3,(H,26,27). The molecule has 0 bridgehead atoms. The fraction of sp³-hybridized carbons (Fsp3) is 1.00. The summed E-state index contributed by atoms with van der Waals surface area (Å²) < 4.78 is 22.1. The first-order chi connectivity index (χ1) is 14.6. The molecule has 0 heterocycles. The van der Waals surface area contributed by atoms with Crippen LogP contribution < -0.4 is 0 Å². The molecule has 182 valence electrons. The minimum absolute atomic E-state index is 0.322. The Morgan fingerprint density at radius 3 is 0.967 bits per heavy atom. The molecular weight excluding hydrogens is 395 g/mol. The molecule has 4 nitrogen and oxygen atoms in total. The van der Waals surface area contributed by atoms with Crippen molar-refractivity contribution in [2.75, 3.05) is 13.2 Å². The van der Waals surface area contributed by atoms with Crippen molar-refractivity contribution in [3.05, 3.63) is 0 Å². The second-order valence-corrected chi connectivity index (χ2v) is 10.3. The summed E-state index contributed by atoms with van der Waals surface area (Å²) in [6, 6.07) is 0. The van der Waals surface area contributed by atoms with Gasteiger partial charge in [0.05, 0.1) is 13.2 Å². The van der Waals surface area contributed by atoms with Gasteiger partial charge in [-0.3, -0.25) is 9.05 Å². The SMILES string of the molecule is CCCCCCCCCCCCCOP(=O)(O)OCCCCCCCCCCCC. The van der Waals surface area contributed by atoms with Crippen LogP contribution in [-0.2, 0) is 13.6 Å². The van der Waals surface area contributed by atoms with Crippen LogP contribution in [0.4, 0.5) is 0 Å². The maximum absolute atomic E-state index is 11.9. The summed E-state index contributed by atoms with van der Waals surface area (Å²) >= 11 is 0. The summed E-state index contributed by atoms with van der Waals surface area (Å²) in [5, 5.41) is 0. The molecule has 0 aromatic carbocycles. The van der Waals surface area contributed by atoms with Crippen LogP contribution in [0.15, 0.2) is 0 Å². The number of phosphoric ester groups is 1. The molecule has 0 aromatic heterocycles. The zero-order valence-corrected chi connectivity index (χ0v) is 21.3. The molecule has 0 amide bonds. The van der Waals surface area contributed by atoms with Crippen molar-refractivity contribution in [3.8, 4) is 0 Å². The van der Waals surface area contributed by atoms with E-state index >= 15 is 0 Å². The molecule has 1 unspecified atom stereocenters. The van der Waals surface area contributed by atoms with Gasteiger partial charge in [0.2, 0.25) is 0 Å². The number of hydrogen-bond acceptors (Lipinski definition) is 3. The smallest absolute Gasteiger partial charge is 0.302 e. The van der Waals surface area contributed by atoms with Gasteiger partial charge in [0.25, 0.3) is 0 Å². The van der Waals surface area contributed by atoms with Gasteiger partial charge in [-0.15, -0.1) is 0 Å². The lowest BCUT2D eigenvalue weighted by molar-refractivity contribution is 0.145. The molecule has 0 spiro atoms. The first-order valence-corrected chi connectivity index (χ1v) is 14.7. The van der Waals surface area contributed by atoms with E-state index < -0.39 is 7.82 Å². The third-order valence-corrected chi connectivity index (χ3v) is 6.77. The molecule has 30 heavy (non-hydrogen) atoms. The van der Waals surface area contributed by atoms with Gasteiger partial charge >= 0.3 is 7.82 Å². The van der Waals surface area contributed by atoms with Crippen molar-refractivity contribution in [2.45, 2.75) is 149 Å². The van der Waals surface area contributed by atoms with Gasteiger partial charge < -0.3 is 4.89 Å². The van der Waals surface area contributed by atoms with Gasteiger partial charge in [-0.2, -0.15) is 0 Å². The largest absolute Gasteiger partial charge is 0.472 e. The highest BCUT2D eigenvalue weighted by Gasteiger charge is 2.19. The topological polar surface area (TPSA) is 55.8 Å². The average molecular weight is 449 g/mol. The molecule has 5 heteroatoms. The third kappa shape index (κ3) is 24.4. The summed E-state index contributed by atoms with van der Waals surface area (Å²) in [4.78, 5) is 9.73. The van der Waals surface area contributed by atoms with Gasteiger partial charge in [0.15, 0.2) is 0 Å². The Morgan fingerprint density at radius 1 is 0.467 bits per heavy atom. The second kappa shape index (κ2) is 23.8. The normalized spacial score (nSPS) is 13.6. The van der Waals surface area contributed by atoms with Crippen LogP contribution in [0.5, 0.6) is 0 Å². The Kier molecular flexibility index (Phi) is 23.9. The predicted octanol–water partition coefficient (Wildman–Crippen LogP) is 9.35. The summed E-state index contributed by atoms with van der Waals surface area (Å²) in [6.07, 6.45) is 26.2. The van der Waals surface area contributed by atoms with E-state index in [0.717, 1.165) is 25.7 Å². The van der Waals surface area contributed by atoms with E-state index in [1.807, 2.05) is 0 Å². The Labute approximate surface area is 188 Å². The van der Waals surface area contributed by atoms with E-state index in [0.29, 0.717) is 13.2 Å². The Morgan fingerprint density at radius 2 is 0.700 bits per heavy atom. The Bertz CT molecular complexity index is 376. The molecule has 0 fully saturated rings. The van der Waals surface area contributed by atoms with Crippen LogP contribution in [0.2, 0.25) is 0 Å². The molecular formula is C25H53O4P. The molecule has 0 saturated heterocycles. The first-order valence-electron chi connectivity index (χ1n) is 13.2. The van der Waals surface area contributed by atoms with Gasteiger partial charge in [0, 0.05) is 0 Å². The highest BCUT2D eigenvalue weighted by Crippen LogP contribution is 2.43. The van der Waals surface area contributed by atoms with E-state index in [2.05, 4.69) is 13.8 Å². The third-order valence-electron chi connectivity index (χ3n) is 5.75. The van der Waals surface area contributed by atoms with Crippen LogP contribution in [0.3, 0.4) is 0 Å². The summed E-state index contributed by atoms with van der Waals surface area (Å²) in [6.45, 7) is 5.15. The van der Waals surface area contributed by atoms with Crippen molar-refractivity contribution < 1.29 is 18.5 Å². The fourth-order valence-electron chi connectivity index (χ4n) is 3.75. The summed E-state index contributed by atoms with van der Waals surface area (Å²) in [5.74, 6) is 0. The highest BCUT2D eigenvalue weighted by atomic mass is 31.2. The molecule has 1 atom stereocenters. The summed E-state index contributed by atoms with van der Waals surface area (Å²) in [7, 11) is -3.85. The number of unbranched alkanes of at least 4 members (excludes halogenated alkanes) is 19. The lowest BCUT2D eigenvalue weighted by atomic mass is 10.1. The van der Waals surface area contributed by atoms with E-state index in [1.165, 1.54) is 109 Å². The molecule has 0 aliphatic heterocycles. The van der Waals surface area contributed by atoms with Crippen molar-refractivity contribution in [1.82, 2.24) is 0 Å². The van der Waals surface area contributed by atoms with Crippen LogP contribution >= 0.6 is 7.82 Å². The molecule has 0 aromatic rings. The first kappa shape index (κ1) is 30.1. The minimum Gasteiger partial charge on any atom is -0.302 e. The predicted molar refractivity (Wildman–Crippen MR) is 130 cm³/mol. The van der Waals surface area contributed by atoms with Crippen LogP contribution in [0.1, 0.15) is 149 Å². The fourth-order valence-corrected chi connectivity index (χ4v) is 4.55. The average Bonchev–Trinajstić information content (AvgIpc) is 2.72. The lowest BCUT2D eigenvalue weighted by Gasteiger charge is -2.12. The van der Waals surface area contributed by atoms with Crippen molar-refractivity contribution in [3.63, 3.8) is 0 Å². The maximum atomic E-state index is 11.9. The number of rotatable bonds is 25. The highest BCUT2D eigenvalue weighted by molar-refractivity contribution is 7.47. The maximum Gasteiger partial charge on any atom is 0.472 e. The van der Waals surface area contributed by atoms with Crippen molar-refractivity contribution >= 4 is 7.82 Å². The number of phosphoric acid groups is 1. The van der Waals surface area contributed by atoms with E-state index in [4.69, 9.17) is 9.05 Å².